The fourth-order valence-electron chi connectivity index (χ4n) is 3.11. The lowest BCUT2D eigenvalue weighted by atomic mass is 10.2. The molecule has 1 saturated heterocycles. The van der Waals surface area contributed by atoms with E-state index < -0.39 is 0 Å². The highest BCUT2D eigenvalue weighted by Crippen LogP contribution is 2.21. The van der Waals surface area contributed by atoms with Crippen LogP contribution >= 0.6 is 11.3 Å². The molecule has 2 aromatic heterocycles. The number of pyridine rings is 1. The quantitative estimate of drug-likeness (QED) is 0.773. The topological polar surface area (TPSA) is 58.1 Å². The monoisotopic (exact) mass is 358 g/mol. The van der Waals surface area contributed by atoms with E-state index in [0.717, 1.165) is 35.9 Å². The molecule has 1 N–H and O–H groups in total. The fraction of sp³-hybridized carbons (Fsp3) is 0.526. The second kappa shape index (κ2) is 9.63. The van der Waals surface area contributed by atoms with E-state index in [4.69, 9.17) is 0 Å². The molecule has 5 nitrogen and oxygen atoms in total. The fourth-order valence-corrected chi connectivity index (χ4v) is 3.91. The summed E-state index contributed by atoms with van der Waals surface area (Å²) in [4.78, 5) is 23.4. The Morgan fingerprint density at radius 1 is 1.20 bits per heavy atom. The van der Waals surface area contributed by atoms with E-state index in [-0.39, 0.29) is 5.91 Å². The summed E-state index contributed by atoms with van der Waals surface area (Å²) in [5, 5.41) is 5.83. The third-order valence-corrected chi connectivity index (χ3v) is 5.36. The molecular formula is C19H26N4OS. The van der Waals surface area contributed by atoms with Gasteiger partial charge in [0.1, 0.15) is 5.01 Å². The van der Waals surface area contributed by atoms with Crippen molar-refractivity contribution in [2.75, 3.05) is 26.2 Å². The van der Waals surface area contributed by atoms with Crippen molar-refractivity contribution in [1.29, 1.82) is 0 Å². The number of aromatic nitrogens is 2. The Labute approximate surface area is 153 Å². The maximum absolute atomic E-state index is 12.1. The molecule has 0 aromatic carbocycles. The van der Waals surface area contributed by atoms with Crippen molar-refractivity contribution in [3.05, 3.63) is 35.5 Å². The number of hydrogen-bond donors (Lipinski definition) is 1. The van der Waals surface area contributed by atoms with Crippen LogP contribution in [0.25, 0.3) is 10.7 Å². The Morgan fingerprint density at radius 2 is 2.04 bits per heavy atom. The maximum atomic E-state index is 12.1. The van der Waals surface area contributed by atoms with E-state index in [1.54, 1.807) is 6.20 Å². The molecule has 1 aliphatic heterocycles. The van der Waals surface area contributed by atoms with Gasteiger partial charge in [0.05, 0.1) is 17.8 Å². The Kier molecular flexibility index (Phi) is 6.94. The van der Waals surface area contributed by atoms with Crippen LogP contribution in [0, 0.1) is 0 Å². The molecular weight excluding hydrogens is 332 g/mol. The summed E-state index contributed by atoms with van der Waals surface area (Å²) < 4.78 is 0. The minimum absolute atomic E-state index is 0.0498. The van der Waals surface area contributed by atoms with Crippen molar-refractivity contribution in [2.45, 2.75) is 38.5 Å². The minimum atomic E-state index is 0.0498. The first-order valence-corrected chi connectivity index (χ1v) is 10.0. The van der Waals surface area contributed by atoms with Gasteiger partial charge in [0.25, 0.3) is 0 Å². The molecule has 0 unspecified atom stereocenters. The zero-order chi connectivity index (χ0) is 17.3. The van der Waals surface area contributed by atoms with Gasteiger partial charge in [0.2, 0.25) is 5.91 Å². The predicted molar refractivity (Wildman–Crippen MR) is 102 cm³/mol. The number of carbonyl (C=O) groups is 1. The van der Waals surface area contributed by atoms with Gasteiger partial charge < -0.3 is 10.2 Å². The van der Waals surface area contributed by atoms with Crippen LogP contribution in [0.4, 0.5) is 0 Å². The molecule has 0 aliphatic carbocycles. The third kappa shape index (κ3) is 5.90. The third-order valence-electron chi connectivity index (χ3n) is 4.45. The molecule has 0 atom stereocenters. The lowest BCUT2D eigenvalue weighted by Gasteiger charge is -2.19. The summed E-state index contributed by atoms with van der Waals surface area (Å²) in [7, 11) is 0. The molecule has 3 heterocycles. The van der Waals surface area contributed by atoms with E-state index >= 15 is 0 Å². The second-order valence-electron chi connectivity index (χ2n) is 6.50. The molecule has 0 radical (unpaired) electrons. The molecule has 134 valence electrons. The first kappa shape index (κ1) is 18.0. The summed E-state index contributed by atoms with van der Waals surface area (Å²) >= 11 is 1.53. The number of carbonyl (C=O) groups excluding carboxylic acids is 1. The molecule has 25 heavy (non-hydrogen) atoms. The molecule has 1 amide bonds. The zero-order valence-corrected chi connectivity index (χ0v) is 15.4. The van der Waals surface area contributed by atoms with Crippen LogP contribution in [0.1, 0.15) is 37.8 Å². The number of thiazole rings is 1. The van der Waals surface area contributed by atoms with Crippen LogP contribution in [0.15, 0.2) is 29.8 Å². The number of rotatable bonds is 7. The van der Waals surface area contributed by atoms with Crippen molar-refractivity contribution in [2.24, 2.45) is 0 Å². The second-order valence-corrected chi connectivity index (χ2v) is 7.35. The summed E-state index contributed by atoms with van der Waals surface area (Å²) in [6.07, 6.45) is 8.47. The molecule has 2 aromatic rings. The van der Waals surface area contributed by atoms with E-state index in [1.807, 2.05) is 23.6 Å². The van der Waals surface area contributed by atoms with Crippen LogP contribution in [0.3, 0.4) is 0 Å². The van der Waals surface area contributed by atoms with Gasteiger partial charge >= 0.3 is 0 Å². The smallest absolute Gasteiger partial charge is 0.226 e. The Morgan fingerprint density at radius 3 is 2.80 bits per heavy atom. The Balaban J connectivity index is 1.37. The van der Waals surface area contributed by atoms with Crippen LogP contribution in [-0.4, -0.2) is 47.0 Å². The number of amides is 1. The Hall–Kier alpha value is -1.79. The highest BCUT2D eigenvalue weighted by Gasteiger charge is 2.11. The summed E-state index contributed by atoms with van der Waals surface area (Å²) in [5.74, 6) is 0.0498. The van der Waals surface area contributed by atoms with Crippen LogP contribution in [0.2, 0.25) is 0 Å². The van der Waals surface area contributed by atoms with Crippen molar-refractivity contribution in [1.82, 2.24) is 20.2 Å². The summed E-state index contributed by atoms with van der Waals surface area (Å²) in [5.41, 5.74) is 1.67. The van der Waals surface area contributed by atoms with E-state index in [1.165, 1.54) is 50.1 Å². The number of nitrogens with one attached hydrogen (secondary N) is 1. The summed E-state index contributed by atoms with van der Waals surface area (Å²) in [6, 6.07) is 5.77. The molecule has 1 aliphatic rings. The summed E-state index contributed by atoms with van der Waals surface area (Å²) in [6.45, 7) is 4.25. The van der Waals surface area contributed by atoms with Gasteiger partial charge in [-0.1, -0.05) is 18.9 Å². The van der Waals surface area contributed by atoms with Gasteiger partial charge in [0, 0.05) is 18.1 Å². The lowest BCUT2D eigenvalue weighted by molar-refractivity contribution is -0.120. The predicted octanol–water partition coefficient (Wildman–Crippen LogP) is 3.13. The van der Waals surface area contributed by atoms with Gasteiger partial charge in [-0.25, -0.2) is 4.98 Å². The van der Waals surface area contributed by atoms with E-state index in [9.17, 15) is 4.79 Å². The maximum Gasteiger partial charge on any atom is 0.226 e. The van der Waals surface area contributed by atoms with Crippen LogP contribution < -0.4 is 5.32 Å². The standard InChI is InChI=1S/C19H26N4OS/c24-18(21-10-7-13-23-11-5-1-2-6-12-23)14-16-15-25-19(22-16)17-8-3-4-9-20-17/h3-4,8-9,15H,1-2,5-7,10-14H2,(H,21,24). The first-order valence-electron chi connectivity index (χ1n) is 9.16. The Bertz CT molecular complexity index is 650. The average Bonchev–Trinajstić information content (AvgIpc) is 2.94. The number of hydrogen-bond acceptors (Lipinski definition) is 5. The van der Waals surface area contributed by atoms with Crippen molar-refractivity contribution in [3.63, 3.8) is 0 Å². The molecule has 1 fully saturated rings. The highest BCUT2D eigenvalue weighted by molar-refractivity contribution is 7.13. The minimum Gasteiger partial charge on any atom is -0.356 e. The van der Waals surface area contributed by atoms with Gasteiger partial charge in [-0.3, -0.25) is 9.78 Å². The lowest BCUT2D eigenvalue weighted by Crippen LogP contribution is -2.31. The molecule has 0 bridgehead atoms. The van der Waals surface area contributed by atoms with E-state index in [0.29, 0.717) is 6.42 Å². The number of nitrogens with zero attached hydrogens (tertiary/aromatic N) is 3. The largest absolute Gasteiger partial charge is 0.356 e. The first-order chi connectivity index (χ1) is 12.3. The van der Waals surface area contributed by atoms with Gasteiger partial charge in [0.15, 0.2) is 0 Å². The molecule has 6 heteroatoms. The van der Waals surface area contributed by atoms with Crippen LogP contribution in [0.5, 0.6) is 0 Å². The van der Waals surface area contributed by atoms with Crippen LogP contribution in [-0.2, 0) is 11.2 Å². The zero-order valence-electron chi connectivity index (χ0n) is 14.6. The van der Waals surface area contributed by atoms with E-state index in [2.05, 4.69) is 20.2 Å². The van der Waals surface area contributed by atoms with Gasteiger partial charge in [-0.05, 0) is 51.0 Å². The average molecular weight is 359 g/mol. The molecule has 0 saturated carbocycles. The van der Waals surface area contributed by atoms with Crippen molar-refractivity contribution in [3.8, 4) is 10.7 Å². The molecule has 0 spiro atoms. The molecule has 3 rings (SSSR count). The highest BCUT2D eigenvalue weighted by atomic mass is 32.1. The SMILES string of the molecule is O=C(Cc1csc(-c2ccccn2)n1)NCCCN1CCCCCC1. The van der Waals surface area contributed by atoms with Crippen molar-refractivity contribution >= 4 is 17.2 Å². The van der Waals surface area contributed by atoms with Crippen molar-refractivity contribution < 1.29 is 4.79 Å². The number of likely N-dealkylation sites (tertiary alicyclic amines) is 1. The normalized spacial score (nSPS) is 15.7. The van der Waals surface area contributed by atoms with Gasteiger partial charge in [-0.15, -0.1) is 11.3 Å². The van der Waals surface area contributed by atoms with Gasteiger partial charge in [-0.2, -0.15) is 0 Å².